The van der Waals surface area contributed by atoms with Crippen LogP contribution in [0.4, 0.5) is 0 Å². The number of hydrogen-bond donors (Lipinski definition) is 0. The van der Waals surface area contributed by atoms with E-state index >= 15 is 0 Å². The van der Waals surface area contributed by atoms with Gasteiger partial charge in [0.1, 0.15) is 6.54 Å². The summed E-state index contributed by atoms with van der Waals surface area (Å²) in [5.41, 5.74) is 1.19. The molecule has 0 spiro atoms. The van der Waals surface area contributed by atoms with E-state index in [0.717, 1.165) is 13.1 Å². The Labute approximate surface area is 119 Å². The van der Waals surface area contributed by atoms with E-state index in [-0.39, 0.29) is 24.5 Å². The van der Waals surface area contributed by atoms with Crippen molar-refractivity contribution in [1.82, 2.24) is 9.80 Å². The van der Waals surface area contributed by atoms with E-state index in [1.165, 1.54) is 12.7 Å². The van der Waals surface area contributed by atoms with Gasteiger partial charge in [-0.1, -0.05) is 30.3 Å². The summed E-state index contributed by atoms with van der Waals surface area (Å²) >= 11 is 0. The van der Waals surface area contributed by atoms with E-state index in [1.807, 2.05) is 25.1 Å². The fourth-order valence-electron chi connectivity index (χ4n) is 2.38. The first kappa shape index (κ1) is 14.5. The normalized spacial score (nSPS) is 20.0. The van der Waals surface area contributed by atoms with Crippen molar-refractivity contribution in [3.63, 3.8) is 0 Å². The number of hydrogen-bond acceptors (Lipinski definition) is 4. The summed E-state index contributed by atoms with van der Waals surface area (Å²) in [6, 6.07) is 9.86. The predicted octanol–water partition coefficient (Wildman–Crippen LogP) is 0.892. The average molecular weight is 276 g/mol. The number of ether oxygens (including phenoxy) is 1. The van der Waals surface area contributed by atoms with Gasteiger partial charge in [0.05, 0.1) is 13.2 Å². The third-order valence-electron chi connectivity index (χ3n) is 3.65. The van der Waals surface area contributed by atoms with Gasteiger partial charge in [0.2, 0.25) is 5.91 Å². The highest BCUT2D eigenvalue weighted by molar-refractivity contribution is 5.86. The number of nitrogens with zero attached hydrogens (tertiary/aromatic N) is 2. The molecule has 108 valence electrons. The van der Waals surface area contributed by atoms with Gasteiger partial charge in [0.25, 0.3) is 0 Å². The zero-order valence-electron chi connectivity index (χ0n) is 11.9. The van der Waals surface area contributed by atoms with Gasteiger partial charge in [-0.15, -0.1) is 0 Å². The Hall–Kier alpha value is -1.88. The molecule has 0 bridgehead atoms. The lowest BCUT2D eigenvalue weighted by Gasteiger charge is -2.38. The molecule has 1 heterocycles. The van der Waals surface area contributed by atoms with Crippen LogP contribution in [0.5, 0.6) is 0 Å². The highest BCUT2D eigenvalue weighted by atomic mass is 16.5. The molecule has 1 atom stereocenters. The Kier molecular flexibility index (Phi) is 4.74. The summed E-state index contributed by atoms with van der Waals surface area (Å²) in [7, 11) is 1.34. The van der Waals surface area contributed by atoms with Crippen molar-refractivity contribution in [2.45, 2.75) is 19.5 Å². The summed E-state index contributed by atoms with van der Waals surface area (Å²) in [6.45, 7) is 4.00. The van der Waals surface area contributed by atoms with Crippen LogP contribution in [0.3, 0.4) is 0 Å². The summed E-state index contributed by atoms with van der Waals surface area (Å²) < 4.78 is 4.61. The zero-order chi connectivity index (χ0) is 14.5. The van der Waals surface area contributed by atoms with E-state index in [0.29, 0.717) is 6.54 Å². The molecule has 0 aliphatic carbocycles. The van der Waals surface area contributed by atoms with Crippen LogP contribution in [0.15, 0.2) is 30.3 Å². The molecule has 1 fully saturated rings. The molecule has 1 aromatic carbocycles. The molecule has 0 radical (unpaired) electrons. The topological polar surface area (TPSA) is 49.9 Å². The third-order valence-corrected chi connectivity index (χ3v) is 3.65. The lowest BCUT2D eigenvalue weighted by molar-refractivity contribution is -0.151. The SMILES string of the molecule is COC(=O)CN1CCN(Cc2ccccc2)[C@H](C)C1=O. The first-order valence-corrected chi connectivity index (χ1v) is 6.75. The molecule has 1 aliphatic heterocycles. The van der Waals surface area contributed by atoms with Gasteiger partial charge in [-0.2, -0.15) is 0 Å². The van der Waals surface area contributed by atoms with E-state index in [9.17, 15) is 9.59 Å². The molecule has 5 heteroatoms. The second kappa shape index (κ2) is 6.52. The number of esters is 1. The van der Waals surface area contributed by atoms with E-state index in [2.05, 4.69) is 21.8 Å². The summed E-state index contributed by atoms with van der Waals surface area (Å²) in [4.78, 5) is 27.2. The summed E-state index contributed by atoms with van der Waals surface area (Å²) in [5.74, 6) is -0.389. The molecule has 20 heavy (non-hydrogen) atoms. The van der Waals surface area contributed by atoms with Crippen molar-refractivity contribution in [3.05, 3.63) is 35.9 Å². The molecule has 1 saturated heterocycles. The maximum atomic E-state index is 12.3. The van der Waals surface area contributed by atoms with Crippen molar-refractivity contribution >= 4 is 11.9 Å². The number of rotatable bonds is 4. The number of carbonyl (C=O) groups excluding carboxylic acids is 2. The fourth-order valence-corrected chi connectivity index (χ4v) is 2.38. The Morgan fingerprint density at radius 3 is 2.65 bits per heavy atom. The van der Waals surface area contributed by atoms with Crippen LogP contribution in [0, 0.1) is 0 Å². The van der Waals surface area contributed by atoms with Gasteiger partial charge < -0.3 is 9.64 Å². The summed E-state index contributed by atoms with van der Waals surface area (Å²) in [6.07, 6.45) is 0. The van der Waals surface area contributed by atoms with Crippen LogP contribution in [-0.4, -0.2) is 54.5 Å². The lowest BCUT2D eigenvalue weighted by atomic mass is 10.1. The molecule has 5 nitrogen and oxygen atoms in total. The monoisotopic (exact) mass is 276 g/mol. The van der Waals surface area contributed by atoms with Crippen molar-refractivity contribution in [1.29, 1.82) is 0 Å². The number of methoxy groups -OCH3 is 1. The Balaban J connectivity index is 1.96. The summed E-state index contributed by atoms with van der Waals surface area (Å²) in [5, 5.41) is 0. The average Bonchev–Trinajstić information content (AvgIpc) is 2.48. The largest absolute Gasteiger partial charge is 0.468 e. The maximum Gasteiger partial charge on any atom is 0.325 e. The lowest BCUT2D eigenvalue weighted by Crippen LogP contribution is -2.56. The molecule has 0 unspecified atom stereocenters. The van der Waals surface area contributed by atoms with E-state index in [1.54, 1.807) is 4.90 Å². The van der Waals surface area contributed by atoms with E-state index < -0.39 is 0 Å². The first-order chi connectivity index (χ1) is 9.61. The minimum atomic E-state index is -0.373. The van der Waals surface area contributed by atoms with Crippen LogP contribution in [-0.2, 0) is 20.9 Å². The smallest absolute Gasteiger partial charge is 0.325 e. The Morgan fingerprint density at radius 2 is 2.00 bits per heavy atom. The Bertz CT molecular complexity index is 475. The van der Waals surface area contributed by atoms with Gasteiger partial charge in [0.15, 0.2) is 0 Å². The van der Waals surface area contributed by atoms with Crippen LogP contribution < -0.4 is 0 Å². The molecular formula is C15H20N2O3. The van der Waals surface area contributed by atoms with Crippen molar-refractivity contribution in [3.8, 4) is 0 Å². The fraction of sp³-hybridized carbons (Fsp3) is 0.467. The van der Waals surface area contributed by atoms with Gasteiger partial charge in [-0.25, -0.2) is 0 Å². The number of carbonyl (C=O) groups is 2. The quantitative estimate of drug-likeness (QED) is 0.766. The number of amides is 1. The molecule has 0 aromatic heterocycles. The second-order valence-electron chi connectivity index (χ2n) is 4.97. The molecular weight excluding hydrogens is 256 g/mol. The van der Waals surface area contributed by atoms with Crippen LogP contribution in [0.25, 0.3) is 0 Å². The standard InChI is InChI=1S/C15H20N2O3/c1-12-15(19)17(11-14(18)20-2)9-8-16(12)10-13-6-4-3-5-7-13/h3-7,12H,8-11H2,1-2H3/t12-/m1/s1. The van der Waals surface area contributed by atoms with Crippen molar-refractivity contribution in [2.75, 3.05) is 26.7 Å². The van der Waals surface area contributed by atoms with Gasteiger partial charge in [0, 0.05) is 19.6 Å². The third kappa shape index (κ3) is 3.36. The predicted molar refractivity (Wildman–Crippen MR) is 74.9 cm³/mol. The number of benzene rings is 1. The Morgan fingerprint density at radius 1 is 1.30 bits per heavy atom. The minimum Gasteiger partial charge on any atom is -0.468 e. The molecule has 0 saturated carbocycles. The first-order valence-electron chi connectivity index (χ1n) is 6.75. The highest BCUT2D eigenvalue weighted by Crippen LogP contribution is 2.15. The molecule has 0 N–H and O–H groups in total. The molecule has 1 aromatic rings. The van der Waals surface area contributed by atoms with Crippen LogP contribution in [0.2, 0.25) is 0 Å². The van der Waals surface area contributed by atoms with Gasteiger partial charge in [-0.3, -0.25) is 14.5 Å². The van der Waals surface area contributed by atoms with Crippen molar-refractivity contribution < 1.29 is 14.3 Å². The minimum absolute atomic E-state index is 0.0161. The van der Waals surface area contributed by atoms with Crippen LogP contribution >= 0.6 is 0 Å². The van der Waals surface area contributed by atoms with Crippen LogP contribution in [0.1, 0.15) is 12.5 Å². The molecule has 1 amide bonds. The molecule has 2 rings (SSSR count). The zero-order valence-corrected chi connectivity index (χ0v) is 11.9. The number of piperazine rings is 1. The van der Waals surface area contributed by atoms with Gasteiger partial charge in [-0.05, 0) is 12.5 Å². The van der Waals surface area contributed by atoms with Gasteiger partial charge >= 0.3 is 5.97 Å². The second-order valence-corrected chi connectivity index (χ2v) is 4.97. The van der Waals surface area contributed by atoms with Crippen molar-refractivity contribution in [2.24, 2.45) is 0 Å². The highest BCUT2D eigenvalue weighted by Gasteiger charge is 2.32. The molecule has 1 aliphatic rings. The van der Waals surface area contributed by atoms with E-state index in [4.69, 9.17) is 0 Å². The maximum absolute atomic E-state index is 12.3.